The highest BCUT2D eigenvalue weighted by Gasteiger charge is 2.31. The normalized spacial score (nSPS) is 13.7. The van der Waals surface area contributed by atoms with E-state index in [0.717, 1.165) is 11.1 Å². The summed E-state index contributed by atoms with van der Waals surface area (Å²) in [6.07, 6.45) is 0. The van der Waals surface area contributed by atoms with Crippen molar-refractivity contribution in [1.82, 2.24) is 0 Å². The van der Waals surface area contributed by atoms with Crippen molar-refractivity contribution in [3.05, 3.63) is 47.5 Å². The summed E-state index contributed by atoms with van der Waals surface area (Å²) in [6, 6.07) is 12.7. The summed E-state index contributed by atoms with van der Waals surface area (Å²) < 4.78 is 20.6. The van der Waals surface area contributed by atoms with Crippen molar-refractivity contribution in [1.29, 1.82) is 10.7 Å². The summed E-state index contributed by atoms with van der Waals surface area (Å²) in [6.45, 7) is 0.764. The van der Waals surface area contributed by atoms with E-state index in [1.165, 1.54) is 0 Å². The molecule has 0 bridgehead atoms. The number of ether oxygens (including phenoxy) is 2. The summed E-state index contributed by atoms with van der Waals surface area (Å²) in [5.74, 6) is 0.989. The zero-order valence-corrected chi connectivity index (χ0v) is 15.5. The maximum Gasteiger partial charge on any atom is 0.495 e. The first-order valence-corrected chi connectivity index (χ1v) is 8.79. The molecule has 2 aromatic rings. The molecule has 29 heavy (non-hydrogen) atoms. The molecule has 0 unspecified atom stereocenters. The Morgan fingerprint density at radius 3 is 2.03 bits per heavy atom. The van der Waals surface area contributed by atoms with E-state index in [1.54, 1.807) is 12.1 Å². The minimum Gasteiger partial charge on any atom is -0.486 e. The molecule has 2 aromatic carbocycles. The highest BCUT2D eigenvalue weighted by atomic mass is 16.5. The van der Waals surface area contributed by atoms with Crippen LogP contribution in [0.4, 0.5) is 0 Å². The van der Waals surface area contributed by atoms with E-state index < -0.39 is 14.2 Å². The molecule has 4 rings (SSSR count). The fraction of sp³-hybridized carbons (Fsp3) is 0.222. The largest absolute Gasteiger partial charge is 0.495 e. The van der Waals surface area contributed by atoms with Crippen molar-refractivity contribution in [3.63, 3.8) is 0 Å². The Morgan fingerprint density at radius 1 is 1.03 bits per heavy atom. The van der Waals surface area contributed by atoms with Gasteiger partial charge in [-0.3, -0.25) is 5.41 Å². The molecule has 0 fully saturated rings. The Labute approximate surface area is 168 Å². The van der Waals surface area contributed by atoms with Crippen molar-refractivity contribution in [2.75, 3.05) is 13.2 Å². The van der Waals surface area contributed by atoms with Gasteiger partial charge < -0.3 is 34.6 Å². The van der Waals surface area contributed by atoms with Gasteiger partial charge >= 0.3 is 14.2 Å². The minimum atomic E-state index is -0.942. The molecule has 11 heteroatoms. The van der Waals surface area contributed by atoms with Crippen LogP contribution in [-0.4, -0.2) is 43.3 Å². The van der Waals surface area contributed by atoms with E-state index in [9.17, 15) is 10.0 Å². The van der Waals surface area contributed by atoms with Crippen molar-refractivity contribution in [2.45, 2.75) is 13.2 Å². The molecule has 5 N–H and O–H groups in total. The third-order valence-corrected chi connectivity index (χ3v) is 4.28. The number of fused-ring (bicyclic) bond motifs is 2. The third-order valence-electron chi connectivity index (χ3n) is 4.28. The summed E-state index contributed by atoms with van der Waals surface area (Å²) in [4.78, 5) is 0. The Balaban J connectivity index is 0.000000166. The second-order valence-electron chi connectivity index (χ2n) is 6.25. The molecule has 0 atom stereocenters. The minimum absolute atomic E-state index is 0.0170. The van der Waals surface area contributed by atoms with Crippen molar-refractivity contribution in [3.8, 4) is 17.6 Å². The summed E-state index contributed by atoms with van der Waals surface area (Å²) >= 11 is 0. The zero-order valence-electron chi connectivity index (χ0n) is 15.5. The molecule has 2 heterocycles. The van der Waals surface area contributed by atoms with Crippen LogP contribution < -0.4 is 26.1 Å². The maximum absolute atomic E-state index is 9.54. The Bertz CT molecular complexity index is 936. The van der Waals surface area contributed by atoms with E-state index in [-0.39, 0.29) is 19.0 Å². The topological polar surface area (TPSA) is 151 Å². The van der Waals surface area contributed by atoms with Gasteiger partial charge in [0.25, 0.3) is 0 Å². The smallest absolute Gasteiger partial charge is 0.486 e. The van der Waals surface area contributed by atoms with Crippen LogP contribution in [0.25, 0.3) is 0 Å². The first-order valence-electron chi connectivity index (χ1n) is 8.79. The molecule has 0 aliphatic carbocycles. The predicted molar refractivity (Wildman–Crippen MR) is 106 cm³/mol. The number of nitriles is 1. The Hall–Kier alpha value is -3.03. The van der Waals surface area contributed by atoms with Gasteiger partial charge in [-0.1, -0.05) is 24.3 Å². The third kappa shape index (κ3) is 4.88. The second-order valence-corrected chi connectivity index (χ2v) is 6.25. The number of benzene rings is 2. The highest BCUT2D eigenvalue weighted by Crippen LogP contribution is 2.18. The molecular weight excluding hydrogens is 376 g/mol. The van der Waals surface area contributed by atoms with Crippen molar-refractivity contribution < 1.29 is 28.8 Å². The number of rotatable bonds is 5. The van der Waals surface area contributed by atoms with Crippen LogP contribution in [0.15, 0.2) is 36.4 Å². The van der Waals surface area contributed by atoms with Gasteiger partial charge in [-0.15, -0.1) is 0 Å². The van der Waals surface area contributed by atoms with Gasteiger partial charge in [0.2, 0.25) is 0 Å². The second kappa shape index (κ2) is 9.45. The van der Waals surface area contributed by atoms with Gasteiger partial charge in [-0.05, 0) is 23.3 Å². The van der Waals surface area contributed by atoms with Gasteiger partial charge in [-0.2, -0.15) is 5.26 Å². The fourth-order valence-electron chi connectivity index (χ4n) is 3.01. The van der Waals surface area contributed by atoms with Crippen LogP contribution in [0.2, 0.25) is 0 Å². The van der Waals surface area contributed by atoms with Crippen LogP contribution in [0, 0.1) is 16.7 Å². The molecule has 0 saturated carbocycles. The lowest BCUT2D eigenvalue weighted by Gasteiger charge is -2.09. The lowest BCUT2D eigenvalue weighted by molar-refractivity contribution is 0.274. The van der Waals surface area contributed by atoms with Crippen LogP contribution in [0.3, 0.4) is 0 Å². The van der Waals surface area contributed by atoms with Crippen LogP contribution in [0.1, 0.15) is 11.1 Å². The van der Waals surface area contributed by atoms with Crippen molar-refractivity contribution in [2.24, 2.45) is 5.73 Å². The first-order chi connectivity index (χ1) is 14.0. The Morgan fingerprint density at radius 2 is 1.55 bits per heavy atom. The van der Waals surface area contributed by atoms with E-state index in [1.807, 2.05) is 30.3 Å². The molecule has 2 aliphatic heterocycles. The van der Waals surface area contributed by atoms with E-state index in [2.05, 4.69) is 0 Å². The average molecular weight is 395 g/mol. The summed E-state index contributed by atoms with van der Waals surface area (Å²) in [5, 5.41) is 34.4. The lowest BCUT2D eigenvalue weighted by Crippen LogP contribution is -2.31. The molecular formula is C18H19B2N3O6. The van der Waals surface area contributed by atoms with E-state index >= 15 is 0 Å². The Kier molecular flexibility index (Phi) is 6.74. The number of nitrogens with one attached hydrogen (secondary N) is 1. The van der Waals surface area contributed by atoms with Gasteiger partial charge in [0.1, 0.15) is 30.0 Å². The molecule has 0 amide bonds. The van der Waals surface area contributed by atoms with Gasteiger partial charge in [0.05, 0.1) is 13.2 Å². The SMILES string of the molecule is N#CCOc1cccc2c1B(O)OC2.N=C(N)COc1cccc2c1B(O)OC2. The van der Waals surface area contributed by atoms with E-state index in [0.29, 0.717) is 35.6 Å². The van der Waals surface area contributed by atoms with Crippen LogP contribution in [0.5, 0.6) is 11.5 Å². The standard InChI is InChI=1S/C9H11BN2O3.C9H8BNO3/c11-8(12)5-14-7-3-1-2-6-4-15-10(13)9(6)7;11-4-5-13-8-3-1-2-7-6-14-10(12)9(7)8/h1-3,13H,4-5H2,(H3,11,12);1-3,12H,5-6H2. The summed E-state index contributed by atoms with van der Waals surface area (Å²) in [5.41, 5.74) is 8.28. The predicted octanol–water partition coefficient (Wildman–Crippen LogP) is -0.974. The maximum atomic E-state index is 9.54. The van der Waals surface area contributed by atoms with Crippen LogP contribution in [-0.2, 0) is 22.5 Å². The first kappa shape index (κ1) is 20.7. The summed E-state index contributed by atoms with van der Waals surface area (Å²) in [7, 11) is -1.87. The van der Waals surface area contributed by atoms with Crippen molar-refractivity contribution >= 4 is 31.0 Å². The molecule has 148 valence electrons. The van der Waals surface area contributed by atoms with E-state index in [4.69, 9.17) is 35.2 Å². The lowest BCUT2D eigenvalue weighted by atomic mass is 9.79. The number of amidine groups is 1. The molecule has 9 nitrogen and oxygen atoms in total. The number of hydrogen-bond donors (Lipinski definition) is 4. The zero-order chi connectivity index (χ0) is 20.8. The average Bonchev–Trinajstić information content (AvgIpc) is 3.29. The molecule has 0 radical (unpaired) electrons. The molecule has 2 aliphatic rings. The van der Waals surface area contributed by atoms with Gasteiger partial charge in [-0.25, -0.2) is 0 Å². The molecule has 0 spiro atoms. The number of nitrogens with two attached hydrogens (primary N) is 1. The highest BCUT2D eigenvalue weighted by molar-refractivity contribution is 6.63. The quantitative estimate of drug-likeness (QED) is 0.287. The molecule has 0 saturated heterocycles. The fourth-order valence-corrected chi connectivity index (χ4v) is 3.01. The van der Waals surface area contributed by atoms with Gasteiger partial charge in [0, 0.05) is 10.9 Å². The van der Waals surface area contributed by atoms with Gasteiger partial charge in [0.15, 0.2) is 6.61 Å². The molecule has 0 aromatic heterocycles. The number of hydrogen-bond acceptors (Lipinski definition) is 8. The van der Waals surface area contributed by atoms with Crippen LogP contribution >= 0.6 is 0 Å². The number of nitrogens with zero attached hydrogens (tertiary/aromatic N) is 1. The monoisotopic (exact) mass is 395 g/mol.